The van der Waals surface area contributed by atoms with Crippen LogP contribution in [0.1, 0.15) is 24.3 Å². The van der Waals surface area contributed by atoms with Gasteiger partial charge in [-0.3, -0.25) is 9.69 Å². The standard InChI is InChI=1S/C23H21NO3S3/c1-23(2)21-20(22(28)30-29-21)15-7-5-6-8-16(15)24(23)19(25)12-10-14-9-11-17(26-3)18(13-14)27-4/h5-13H,1-4H3. The number of carbonyl (C=O) groups is 1. The van der Waals surface area contributed by atoms with E-state index in [1.54, 1.807) is 47.1 Å². The van der Waals surface area contributed by atoms with Crippen molar-refractivity contribution in [2.24, 2.45) is 0 Å². The summed E-state index contributed by atoms with van der Waals surface area (Å²) in [6.45, 7) is 4.14. The number of benzene rings is 2. The van der Waals surface area contributed by atoms with E-state index >= 15 is 0 Å². The van der Waals surface area contributed by atoms with Crippen LogP contribution in [0, 0.1) is 3.82 Å². The summed E-state index contributed by atoms with van der Waals surface area (Å²) in [5, 5.41) is 0. The first-order chi connectivity index (χ1) is 14.4. The molecule has 2 aromatic carbocycles. The molecule has 0 fully saturated rings. The Morgan fingerprint density at radius 1 is 1.07 bits per heavy atom. The third-order valence-corrected chi connectivity index (χ3v) is 8.54. The minimum atomic E-state index is -0.499. The first-order valence-corrected chi connectivity index (χ1v) is 11.9. The van der Waals surface area contributed by atoms with E-state index in [9.17, 15) is 4.79 Å². The van der Waals surface area contributed by atoms with Crippen LogP contribution in [0.25, 0.3) is 17.2 Å². The summed E-state index contributed by atoms with van der Waals surface area (Å²) in [5.74, 6) is 1.19. The van der Waals surface area contributed by atoms with Crippen molar-refractivity contribution in [3.63, 3.8) is 0 Å². The highest BCUT2D eigenvalue weighted by atomic mass is 32.9. The van der Waals surface area contributed by atoms with Gasteiger partial charge in [0.05, 0.1) is 30.3 Å². The molecule has 0 bridgehead atoms. The van der Waals surface area contributed by atoms with Crippen LogP contribution in [0.4, 0.5) is 5.69 Å². The fourth-order valence-corrected chi connectivity index (χ4v) is 7.05. The van der Waals surface area contributed by atoms with Gasteiger partial charge in [0, 0.05) is 17.2 Å². The number of amides is 1. The predicted octanol–water partition coefficient (Wildman–Crippen LogP) is 6.52. The van der Waals surface area contributed by atoms with E-state index in [0.29, 0.717) is 11.5 Å². The van der Waals surface area contributed by atoms with E-state index in [0.717, 1.165) is 31.1 Å². The van der Waals surface area contributed by atoms with E-state index in [4.69, 9.17) is 21.7 Å². The lowest BCUT2D eigenvalue weighted by molar-refractivity contribution is -0.115. The van der Waals surface area contributed by atoms with Crippen molar-refractivity contribution in [2.45, 2.75) is 19.4 Å². The molecule has 3 aromatic rings. The minimum absolute atomic E-state index is 0.0859. The smallest absolute Gasteiger partial charge is 0.251 e. The summed E-state index contributed by atoms with van der Waals surface area (Å²) in [7, 11) is 6.44. The molecule has 0 saturated carbocycles. The Morgan fingerprint density at radius 2 is 1.80 bits per heavy atom. The van der Waals surface area contributed by atoms with Gasteiger partial charge in [-0.2, -0.15) is 0 Å². The Balaban J connectivity index is 1.74. The first-order valence-electron chi connectivity index (χ1n) is 9.35. The summed E-state index contributed by atoms with van der Waals surface area (Å²) in [6.07, 6.45) is 3.41. The number of ether oxygens (including phenoxy) is 2. The van der Waals surface area contributed by atoms with E-state index < -0.39 is 5.54 Å². The van der Waals surface area contributed by atoms with E-state index in [2.05, 4.69) is 13.8 Å². The monoisotopic (exact) mass is 455 g/mol. The number of anilines is 1. The molecule has 0 saturated heterocycles. The van der Waals surface area contributed by atoms with Crippen LogP contribution in [-0.4, -0.2) is 20.1 Å². The largest absolute Gasteiger partial charge is 0.493 e. The molecule has 1 aliphatic heterocycles. The zero-order valence-corrected chi connectivity index (χ0v) is 19.5. The molecule has 4 nitrogen and oxygen atoms in total. The maximum Gasteiger partial charge on any atom is 0.251 e. The summed E-state index contributed by atoms with van der Waals surface area (Å²) in [4.78, 5) is 16.4. The van der Waals surface area contributed by atoms with Crippen molar-refractivity contribution < 1.29 is 14.3 Å². The van der Waals surface area contributed by atoms with Gasteiger partial charge in [-0.25, -0.2) is 0 Å². The van der Waals surface area contributed by atoms with Gasteiger partial charge < -0.3 is 9.47 Å². The molecule has 1 aromatic heterocycles. The number of methoxy groups -OCH3 is 2. The first kappa shape index (κ1) is 20.8. The molecule has 2 heterocycles. The number of hydrogen-bond donors (Lipinski definition) is 0. The zero-order valence-electron chi connectivity index (χ0n) is 17.1. The molecular weight excluding hydrogens is 434 g/mol. The van der Waals surface area contributed by atoms with Gasteiger partial charge in [-0.05, 0) is 43.7 Å². The molecule has 7 heteroatoms. The highest BCUT2D eigenvalue weighted by molar-refractivity contribution is 7.80. The highest BCUT2D eigenvalue weighted by Gasteiger charge is 2.42. The molecule has 30 heavy (non-hydrogen) atoms. The molecule has 1 aliphatic rings. The topological polar surface area (TPSA) is 38.8 Å². The maximum absolute atomic E-state index is 13.4. The Labute approximate surface area is 188 Å². The number of rotatable bonds is 4. The Kier molecular flexibility index (Phi) is 5.53. The van der Waals surface area contributed by atoms with Crippen LogP contribution in [-0.2, 0) is 10.3 Å². The van der Waals surface area contributed by atoms with Crippen molar-refractivity contribution >= 4 is 50.6 Å². The molecule has 0 aliphatic carbocycles. The van der Waals surface area contributed by atoms with Gasteiger partial charge in [0.1, 0.15) is 3.82 Å². The molecular formula is C23H21NO3S3. The van der Waals surface area contributed by atoms with Crippen molar-refractivity contribution in [1.29, 1.82) is 0 Å². The molecule has 0 atom stereocenters. The normalized spacial score (nSPS) is 14.3. The van der Waals surface area contributed by atoms with Crippen molar-refractivity contribution in [3.8, 4) is 22.6 Å². The Morgan fingerprint density at radius 3 is 2.53 bits per heavy atom. The summed E-state index contributed by atoms with van der Waals surface area (Å²) in [5.41, 5.74) is 3.35. The Bertz CT molecular complexity index is 1210. The number of fused-ring (bicyclic) bond motifs is 3. The van der Waals surface area contributed by atoms with E-state index in [1.165, 1.54) is 0 Å². The van der Waals surface area contributed by atoms with Crippen molar-refractivity contribution in [1.82, 2.24) is 0 Å². The molecule has 0 radical (unpaired) electrons. The lowest BCUT2D eigenvalue weighted by Gasteiger charge is -2.42. The summed E-state index contributed by atoms with van der Waals surface area (Å²) in [6, 6.07) is 13.5. The Hall–Kier alpha value is -2.48. The fourth-order valence-electron chi connectivity index (χ4n) is 3.77. The number of para-hydroxylation sites is 1. The molecule has 0 unspecified atom stereocenters. The average molecular weight is 456 g/mol. The van der Waals surface area contributed by atoms with Crippen LogP contribution in [0.2, 0.25) is 0 Å². The van der Waals surface area contributed by atoms with E-state index in [1.807, 2.05) is 47.4 Å². The summed E-state index contributed by atoms with van der Waals surface area (Å²) < 4.78 is 11.5. The third kappa shape index (κ3) is 3.37. The van der Waals surface area contributed by atoms with Crippen LogP contribution in [0.5, 0.6) is 11.5 Å². The molecule has 0 N–H and O–H groups in total. The maximum atomic E-state index is 13.4. The van der Waals surface area contributed by atoms with Crippen LogP contribution in [0.3, 0.4) is 0 Å². The second-order valence-electron chi connectivity index (χ2n) is 7.36. The number of hydrogen-bond acceptors (Lipinski definition) is 6. The average Bonchev–Trinajstić information content (AvgIpc) is 3.14. The second-order valence-corrected chi connectivity index (χ2v) is 10.2. The predicted molar refractivity (Wildman–Crippen MR) is 128 cm³/mol. The lowest BCUT2D eigenvalue weighted by atomic mass is 9.87. The number of carbonyl (C=O) groups excluding carboxylic acids is 1. The highest BCUT2D eigenvalue weighted by Crippen LogP contribution is 2.52. The quantitative estimate of drug-likeness (QED) is 0.255. The zero-order chi connectivity index (χ0) is 21.5. The van der Waals surface area contributed by atoms with Crippen LogP contribution < -0.4 is 14.4 Å². The van der Waals surface area contributed by atoms with Gasteiger partial charge in [0.15, 0.2) is 11.5 Å². The number of nitrogens with zero attached hydrogens (tertiary/aromatic N) is 1. The lowest BCUT2D eigenvalue weighted by Crippen LogP contribution is -2.47. The minimum Gasteiger partial charge on any atom is -0.493 e. The van der Waals surface area contributed by atoms with Gasteiger partial charge in [-0.15, -0.1) is 0 Å². The van der Waals surface area contributed by atoms with Crippen LogP contribution in [0.15, 0.2) is 48.5 Å². The van der Waals surface area contributed by atoms with Crippen molar-refractivity contribution in [2.75, 3.05) is 19.1 Å². The summed E-state index contributed by atoms with van der Waals surface area (Å²) >= 11 is 5.60. The van der Waals surface area contributed by atoms with Crippen molar-refractivity contribution in [3.05, 3.63) is 62.8 Å². The van der Waals surface area contributed by atoms with Gasteiger partial charge >= 0.3 is 0 Å². The van der Waals surface area contributed by atoms with Gasteiger partial charge in [-0.1, -0.05) is 57.2 Å². The molecule has 0 spiro atoms. The third-order valence-electron chi connectivity index (χ3n) is 5.21. The van der Waals surface area contributed by atoms with Gasteiger partial charge in [0.2, 0.25) is 0 Å². The van der Waals surface area contributed by atoms with Gasteiger partial charge in [0.25, 0.3) is 5.91 Å². The second kappa shape index (κ2) is 7.98. The van der Waals surface area contributed by atoms with E-state index in [-0.39, 0.29) is 5.91 Å². The SMILES string of the molecule is COc1ccc(C=CC(=O)N2c3ccccc3-c3c(ssc3=S)C2(C)C)cc1OC. The molecule has 4 rings (SSSR count). The molecule has 154 valence electrons. The van der Waals surface area contributed by atoms with Crippen LogP contribution >= 0.6 is 32.9 Å². The molecule has 1 amide bonds. The fraction of sp³-hybridized carbons (Fsp3) is 0.217.